The number of amides is 2. The van der Waals surface area contributed by atoms with Gasteiger partial charge in [0.15, 0.2) is 0 Å². The Kier molecular flexibility index (Phi) is 10.8. The van der Waals surface area contributed by atoms with Crippen LogP contribution in [-0.2, 0) is 9.59 Å². The molecule has 0 heterocycles. The van der Waals surface area contributed by atoms with E-state index in [-0.39, 0.29) is 11.8 Å². The summed E-state index contributed by atoms with van der Waals surface area (Å²) in [6, 6.07) is 0. The van der Waals surface area contributed by atoms with Gasteiger partial charge in [0.05, 0.1) is 0 Å². The summed E-state index contributed by atoms with van der Waals surface area (Å²) in [5.74, 6) is 0.165. The van der Waals surface area contributed by atoms with Gasteiger partial charge in [0.25, 0.3) is 0 Å². The van der Waals surface area contributed by atoms with E-state index in [1.54, 1.807) is 0 Å². The van der Waals surface area contributed by atoms with Crippen LogP contribution in [0.3, 0.4) is 0 Å². The van der Waals surface area contributed by atoms with Crippen molar-refractivity contribution in [2.45, 2.75) is 52.4 Å². The third-order valence-electron chi connectivity index (χ3n) is 2.69. The van der Waals surface area contributed by atoms with Crippen LogP contribution in [0.15, 0.2) is 12.2 Å². The molecule has 0 spiro atoms. The Balaban J connectivity index is 3.85. The molecule has 0 aromatic heterocycles. The monoisotopic (exact) mass is 271 g/mol. The summed E-state index contributed by atoms with van der Waals surface area (Å²) in [7, 11) is 0. The zero-order valence-electron chi connectivity index (χ0n) is 11.5. The van der Waals surface area contributed by atoms with Gasteiger partial charge in [-0.1, -0.05) is 38.3 Å². The van der Waals surface area contributed by atoms with Gasteiger partial charge < -0.3 is 0 Å². The zero-order valence-corrected chi connectivity index (χ0v) is 12.4. The lowest BCUT2D eigenvalue weighted by Crippen LogP contribution is -2.36. The SMILES string of the molecule is CCCCCCC=CCC(=O)N(CCS)C(C)=O. The van der Waals surface area contributed by atoms with E-state index in [9.17, 15) is 9.59 Å². The Hall–Kier alpha value is -0.770. The maximum Gasteiger partial charge on any atom is 0.232 e. The number of unbranched alkanes of at least 4 members (excludes halogenated alkanes) is 4. The van der Waals surface area contributed by atoms with Crippen LogP contribution in [0.25, 0.3) is 0 Å². The third-order valence-corrected chi connectivity index (χ3v) is 2.89. The summed E-state index contributed by atoms with van der Waals surface area (Å²) in [5.41, 5.74) is 0. The van der Waals surface area contributed by atoms with Gasteiger partial charge in [0.1, 0.15) is 0 Å². The van der Waals surface area contributed by atoms with Gasteiger partial charge >= 0.3 is 0 Å². The number of hydrogen-bond donors (Lipinski definition) is 1. The number of nitrogens with zero attached hydrogens (tertiary/aromatic N) is 1. The molecule has 18 heavy (non-hydrogen) atoms. The minimum absolute atomic E-state index is 0.138. The summed E-state index contributed by atoms with van der Waals surface area (Å²) in [6.07, 6.45) is 10.1. The number of thiol groups is 1. The molecule has 0 fully saturated rings. The quantitative estimate of drug-likeness (QED) is 0.397. The standard InChI is InChI=1S/C14H25NO2S/c1-3-4-5-6-7-8-9-10-14(17)15(11-12-18)13(2)16/h8-9,18H,3-7,10-12H2,1-2H3. The second-order valence-corrected chi connectivity index (χ2v) is 4.76. The molecule has 0 radical (unpaired) electrons. The van der Waals surface area contributed by atoms with Crippen LogP contribution >= 0.6 is 12.6 Å². The minimum Gasteiger partial charge on any atom is -0.282 e. The number of imide groups is 1. The van der Waals surface area contributed by atoms with Crippen molar-refractivity contribution in [1.82, 2.24) is 4.90 Å². The molecule has 0 aromatic rings. The number of allylic oxidation sites excluding steroid dienone is 1. The number of hydrogen-bond acceptors (Lipinski definition) is 3. The molecule has 0 aliphatic rings. The van der Waals surface area contributed by atoms with Gasteiger partial charge in [0.2, 0.25) is 11.8 Å². The summed E-state index contributed by atoms with van der Waals surface area (Å²) in [4.78, 5) is 24.2. The topological polar surface area (TPSA) is 37.4 Å². The van der Waals surface area contributed by atoms with Crippen molar-refractivity contribution in [1.29, 1.82) is 0 Å². The molecular weight excluding hydrogens is 246 g/mol. The molecule has 3 nitrogen and oxygen atoms in total. The van der Waals surface area contributed by atoms with Crippen molar-refractivity contribution in [3.05, 3.63) is 12.2 Å². The highest BCUT2D eigenvalue weighted by Gasteiger charge is 2.14. The van der Waals surface area contributed by atoms with Crippen LogP contribution in [0.1, 0.15) is 52.4 Å². The highest BCUT2D eigenvalue weighted by Crippen LogP contribution is 2.04. The summed E-state index contributed by atoms with van der Waals surface area (Å²) < 4.78 is 0. The Morgan fingerprint density at radius 3 is 2.44 bits per heavy atom. The first-order valence-corrected chi connectivity index (χ1v) is 7.33. The lowest BCUT2D eigenvalue weighted by Gasteiger charge is -2.16. The van der Waals surface area contributed by atoms with E-state index in [4.69, 9.17) is 0 Å². The van der Waals surface area contributed by atoms with E-state index in [0.29, 0.717) is 18.7 Å². The van der Waals surface area contributed by atoms with Gasteiger partial charge in [0, 0.05) is 25.6 Å². The predicted molar refractivity (Wildman–Crippen MR) is 78.8 cm³/mol. The number of carbonyl (C=O) groups excluding carboxylic acids is 2. The van der Waals surface area contributed by atoms with Crippen molar-refractivity contribution in [2.24, 2.45) is 0 Å². The van der Waals surface area contributed by atoms with Gasteiger partial charge in [-0.2, -0.15) is 12.6 Å². The second kappa shape index (κ2) is 11.3. The first-order valence-electron chi connectivity index (χ1n) is 6.70. The van der Waals surface area contributed by atoms with Gasteiger partial charge in [-0.05, 0) is 12.8 Å². The summed E-state index contributed by atoms with van der Waals surface area (Å²) in [6.45, 7) is 3.99. The third kappa shape index (κ3) is 8.34. The largest absolute Gasteiger partial charge is 0.282 e. The normalized spacial score (nSPS) is 10.8. The van der Waals surface area contributed by atoms with Crippen LogP contribution in [0.5, 0.6) is 0 Å². The van der Waals surface area contributed by atoms with Crippen molar-refractivity contribution < 1.29 is 9.59 Å². The molecule has 0 unspecified atom stereocenters. The molecule has 0 saturated carbocycles. The fraction of sp³-hybridized carbons (Fsp3) is 0.714. The maximum atomic E-state index is 11.7. The minimum atomic E-state index is -0.203. The summed E-state index contributed by atoms with van der Waals surface area (Å²) >= 11 is 4.04. The molecule has 0 atom stereocenters. The molecule has 2 amide bonds. The second-order valence-electron chi connectivity index (χ2n) is 4.31. The van der Waals surface area contributed by atoms with Crippen molar-refractivity contribution >= 4 is 24.4 Å². The van der Waals surface area contributed by atoms with Crippen molar-refractivity contribution in [3.63, 3.8) is 0 Å². The van der Waals surface area contributed by atoms with Crippen LogP contribution < -0.4 is 0 Å². The van der Waals surface area contributed by atoms with E-state index in [1.165, 1.54) is 37.5 Å². The van der Waals surface area contributed by atoms with E-state index in [1.807, 2.05) is 12.2 Å². The Bertz CT molecular complexity index is 277. The first-order chi connectivity index (χ1) is 8.63. The lowest BCUT2D eigenvalue weighted by atomic mass is 10.1. The Labute approximate surface area is 116 Å². The molecule has 0 rings (SSSR count). The fourth-order valence-electron chi connectivity index (χ4n) is 1.66. The maximum absolute atomic E-state index is 11.7. The number of rotatable bonds is 9. The molecule has 0 bridgehead atoms. The lowest BCUT2D eigenvalue weighted by molar-refractivity contribution is -0.142. The van der Waals surface area contributed by atoms with Gasteiger partial charge in [-0.25, -0.2) is 0 Å². The average molecular weight is 271 g/mol. The zero-order chi connectivity index (χ0) is 13.8. The van der Waals surface area contributed by atoms with Crippen LogP contribution in [-0.4, -0.2) is 29.0 Å². The van der Waals surface area contributed by atoms with Crippen molar-refractivity contribution in [2.75, 3.05) is 12.3 Å². The Morgan fingerprint density at radius 1 is 1.17 bits per heavy atom. The van der Waals surface area contributed by atoms with Crippen LogP contribution in [0.2, 0.25) is 0 Å². The molecule has 0 aliphatic carbocycles. The highest BCUT2D eigenvalue weighted by atomic mass is 32.1. The van der Waals surface area contributed by atoms with Crippen LogP contribution in [0, 0.1) is 0 Å². The number of carbonyl (C=O) groups is 2. The first kappa shape index (κ1) is 17.2. The van der Waals surface area contributed by atoms with Crippen LogP contribution in [0.4, 0.5) is 0 Å². The van der Waals surface area contributed by atoms with Gasteiger partial charge in [-0.15, -0.1) is 0 Å². The van der Waals surface area contributed by atoms with E-state index in [2.05, 4.69) is 19.6 Å². The van der Waals surface area contributed by atoms with Gasteiger partial charge in [-0.3, -0.25) is 14.5 Å². The van der Waals surface area contributed by atoms with E-state index < -0.39 is 0 Å². The molecular formula is C14H25NO2S. The average Bonchev–Trinajstić information content (AvgIpc) is 2.34. The van der Waals surface area contributed by atoms with Crippen molar-refractivity contribution in [3.8, 4) is 0 Å². The molecule has 0 aliphatic heterocycles. The smallest absolute Gasteiger partial charge is 0.232 e. The van der Waals surface area contributed by atoms with E-state index >= 15 is 0 Å². The molecule has 104 valence electrons. The summed E-state index contributed by atoms with van der Waals surface area (Å²) in [5, 5.41) is 0. The Morgan fingerprint density at radius 2 is 1.89 bits per heavy atom. The molecule has 0 N–H and O–H groups in total. The predicted octanol–water partition coefficient (Wildman–Crippen LogP) is 3.21. The molecule has 0 aromatic carbocycles. The molecule has 0 saturated heterocycles. The molecule has 4 heteroatoms. The van der Waals surface area contributed by atoms with E-state index in [0.717, 1.165) is 6.42 Å². The fourth-order valence-corrected chi connectivity index (χ4v) is 1.86. The highest BCUT2D eigenvalue weighted by molar-refractivity contribution is 7.80.